The van der Waals surface area contributed by atoms with E-state index in [-0.39, 0.29) is 5.95 Å². The van der Waals surface area contributed by atoms with Crippen molar-refractivity contribution in [1.82, 2.24) is 9.97 Å². The van der Waals surface area contributed by atoms with E-state index < -0.39 is 35.2 Å². The van der Waals surface area contributed by atoms with Gasteiger partial charge in [-0.15, -0.1) is 0 Å². The van der Waals surface area contributed by atoms with Gasteiger partial charge in [0, 0.05) is 6.54 Å². The molecular weight excluding hydrogens is 307 g/mol. The summed E-state index contributed by atoms with van der Waals surface area (Å²) in [6.45, 7) is -0.195. The molecule has 1 rings (SSSR count). The van der Waals surface area contributed by atoms with E-state index in [0.717, 1.165) is 0 Å². The summed E-state index contributed by atoms with van der Waals surface area (Å²) in [7, 11) is 0. The Morgan fingerprint density at radius 3 is 2.48 bits per heavy atom. The quantitative estimate of drug-likeness (QED) is 0.492. The molecule has 0 amide bonds. The first-order chi connectivity index (χ1) is 9.58. The third-order valence-electron chi connectivity index (χ3n) is 2.07. The molecule has 0 spiro atoms. The summed E-state index contributed by atoms with van der Waals surface area (Å²) in [6, 6.07) is 0. The minimum Gasteiger partial charge on any atom is -0.466 e. The van der Waals surface area contributed by atoms with Crippen LogP contribution in [0.3, 0.4) is 0 Å². The number of hydrogen-bond donors (Lipinski definition) is 1. The van der Waals surface area contributed by atoms with Crippen molar-refractivity contribution in [3.63, 3.8) is 0 Å². The van der Waals surface area contributed by atoms with E-state index >= 15 is 0 Å². The van der Waals surface area contributed by atoms with Crippen LogP contribution in [0.2, 0.25) is 0 Å². The van der Waals surface area contributed by atoms with Gasteiger partial charge in [-0.1, -0.05) is 0 Å². The third-order valence-corrected chi connectivity index (χ3v) is 2.07. The molecule has 0 bridgehead atoms. The molecule has 0 unspecified atom stereocenters. The summed E-state index contributed by atoms with van der Waals surface area (Å²) >= 11 is 0. The number of rotatable bonds is 6. The standard InChI is InChI=1S/C9H9F5N4O3/c1-2-15-7-16-3-5(18(19)20)6(17-7)21-4-8(10,11)9(12,13)14/h3H,2,4H2,1H3,(H,15,16,17). The molecule has 21 heavy (non-hydrogen) atoms. The minimum atomic E-state index is -5.83. The molecule has 7 nitrogen and oxygen atoms in total. The number of halogens is 5. The number of alkyl halides is 5. The van der Waals surface area contributed by atoms with Gasteiger partial charge in [0.2, 0.25) is 5.95 Å². The summed E-state index contributed by atoms with van der Waals surface area (Å²) in [4.78, 5) is 16.4. The lowest BCUT2D eigenvalue weighted by molar-refractivity contribution is -0.386. The molecule has 1 heterocycles. The summed E-state index contributed by atoms with van der Waals surface area (Å²) in [5.74, 6) is -6.34. The van der Waals surface area contributed by atoms with E-state index in [2.05, 4.69) is 20.0 Å². The van der Waals surface area contributed by atoms with Gasteiger partial charge in [0.05, 0.1) is 4.92 Å². The molecule has 0 aliphatic rings. The van der Waals surface area contributed by atoms with Crippen LogP contribution in [0.15, 0.2) is 6.20 Å². The average Bonchev–Trinajstić information content (AvgIpc) is 2.35. The van der Waals surface area contributed by atoms with Crippen molar-refractivity contribution in [1.29, 1.82) is 0 Å². The molecule has 0 atom stereocenters. The van der Waals surface area contributed by atoms with Gasteiger partial charge in [-0.05, 0) is 6.92 Å². The van der Waals surface area contributed by atoms with Crippen LogP contribution in [0.5, 0.6) is 5.88 Å². The molecule has 1 aromatic rings. The van der Waals surface area contributed by atoms with Crippen LogP contribution >= 0.6 is 0 Å². The monoisotopic (exact) mass is 316 g/mol. The smallest absolute Gasteiger partial charge is 0.456 e. The Bertz CT molecular complexity index is 523. The lowest BCUT2D eigenvalue weighted by Gasteiger charge is -2.19. The normalized spacial score (nSPS) is 12.1. The first kappa shape index (κ1) is 16.8. The van der Waals surface area contributed by atoms with Crippen molar-refractivity contribution in [2.24, 2.45) is 0 Å². The van der Waals surface area contributed by atoms with Crippen LogP contribution in [0.1, 0.15) is 6.92 Å². The fraction of sp³-hybridized carbons (Fsp3) is 0.556. The molecule has 0 aliphatic carbocycles. The van der Waals surface area contributed by atoms with E-state index in [0.29, 0.717) is 12.7 Å². The zero-order chi connectivity index (χ0) is 16.3. The Morgan fingerprint density at radius 1 is 1.38 bits per heavy atom. The van der Waals surface area contributed by atoms with Crippen LogP contribution in [-0.2, 0) is 0 Å². The van der Waals surface area contributed by atoms with Gasteiger partial charge in [-0.25, -0.2) is 4.98 Å². The first-order valence-corrected chi connectivity index (χ1v) is 5.41. The van der Waals surface area contributed by atoms with Gasteiger partial charge >= 0.3 is 17.8 Å². The number of hydrogen-bond acceptors (Lipinski definition) is 6. The van der Waals surface area contributed by atoms with Crippen LogP contribution < -0.4 is 10.1 Å². The SMILES string of the molecule is CCNc1ncc([N+](=O)[O-])c(OCC(F)(F)C(F)(F)F)n1. The lowest BCUT2D eigenvalue weighted by atomic mass is 10.3. The Morgan fingerprint density at radius 2 is 2.00 bits per heavy atom. The molecular formula is C9H9F5N4O3. The van der Waals surface area contributed by atoms with Crippen molar-refractivity contribution in [3.8, 4) is 5.88 Å². The zero-order valence-corrected chi connectivity index (χ0v) is 10.4. The highest BCUT2D eigenvalue weighted by atomic mass is 19.4. The summed E-state index contributed by atoms with van der Waals surface area (Å²) in [6.07, 6.45) is -5.19. The highest BCUT2D eigenvalue weighted by molar-refractivity contribution is 5.43. The predicted octanol–water partition coefficient (Wildman–Crippen LogP) is 2.39. The van der Waals surface area contributed by atoms with E-state index in [1.165, 1.54) is 0 Å². The van der Waals surface area contributed by atoms with Gasteiger partial charge < -0.3 is 10.1 Å². The van der Waals surface area contributed by atoms with Crippen molar-refractivity contribution in [2.45, 2.75) is 19.0 Å². The van der Waals surface area contributed by atoms with Crippen molar-refractivity contribution in [3.05, 3.63) is 16.3 Å². The van der Waals surface area contributed by atoms with Gasteiger partial charge in [0.25, 0.3) is 5.88 Å². The van der Waals surface area contributed by atoms with Crippen LogP contribution in [0.25, 0.3) is 0 Å². The Balaban J connectivity index is 3.00. The fourth-order valence-corrected chi connectivity index (χ4v) is 1.08. The Hall–Kier alpha value is -2.27. The second-order valence-corrected chi connectivity index (χ2v) is 3.66. The van der Waals surface area contributed by atoms with E-state index in [9.17, 15) is 32.1 Å². The highest BCUT2D eigenvalue weighted by Gasteiger charge is 2.58. The molecule has 0 aromatic carbocycles. The molecule has 1 N–H and O–H groups in total. The van der Waals surface area contributed by atoms with Gasteiger partial charge in [-0.3, -0.25) is 10.1 Å². The maximum atomic E-state index is 12.7. The van der Waals surface area contributed by atoms with Crippen LogP contribution in [0, 0.1) is 10.1 Å². The largest absolute Gasteiger partial charge is 0.466 e. The minimum absolute atomic E-state index is 0.201. The average molecular weight is 316 g/mol. The predicted molar refractivity (Wildman–Crippen MR) is 59.3 cm³/mol. The maximum absolute atomic E-state index is 12.7. The molecule has 0 saturated heterocycles. The van der Waals surface area contributed by atoms with E-state index in [4.69, 9.17) is 0 Å². The molecule has 0 saturated carbocycles. The number of anilines is 1. The molecule has 0 aliphatic heterocycles. The third kappa shape index (κ3) is 4.10. The van der Waals surface area contributed by atoms with Gasteiger partial charge in [0.15, 0.2) is 6.61 Å². The van der Waals surface area contributed by atoms with Crippen LogP contribution in [-0.4, -0.2) is 40.1 Å². The number of nitrogens with zero attached hydrogens (tertiary/aromatic N) is 3. The summed E-state index contributed by atoms with van der Waals surface area (Å²) in [5, 5.41) is 13.1. The summed E-state index contributed by atoms with van der Waals surface area (Å²) < 4.78 is 65.6. The number of nitrogens with one attached hydrogen (secondary N) is 1. The lowest BCUT2D eigenvalue weighted by Crippen LogP contribution is -2.42. The highest BCUT2D eigenvalue weighted by Crippen LogP contribution is 2.36. The van der Waals surface area contributed by atoms with Crippen molar-refractivity contribution < 1.29 is 31.6 Å². The van der Waals surface area contributed by atoms with E-state index in [1.807, 2.05) is 0 Å². The molecule has 12 heteroatoms. The number of nitro groups is 1. The zero-order valence-electron chi connectivity index (χ0n) is 10.4. The molecule has 0 radical (unpaired) electrons. The number of aromatic nitrogens is 2. The topological polar surface area (TPSA) is 90.2 Å². The van der Waals surface area contributed by atoms with Crippen LogP contribution in [0.4, 0.5) is 33.6 Å². The van der Waals surface area contributed by atoms with Gasteiger partial charge in [0.1, 0.15) is 6.20 Å². The fourth-order valence-electron chi connectivity index (χ4n) is 1.08. The van der Waals surface area contributed by atoms with Crippen molar-refractivity contribution >= 4 is 11.6 Å². The van der Waals surface area contributed by atoms with E-state index in [1.54, 1.807) is 6.92 Å². The van der Waals surface area contributed by atoms with Gasteiger partial charge in [-0.2, -0.15) is 26.9 Å². The first-order valence-electron chi connectivity index (χ1n) is 5.41. The maximum Gasteiger partial charge on any atom is 0.456 e. The number of ether oxygens (including phenoxy) is 1. The molecule has 1 aromatic heterocycles. The summed E-state index contributed by atoms with van der Waals surface area (Å²) in [5.41, 5.74) is -0.922. The second-order valence-electron chi connectivity index (χ2n) is 3.66. The van der Waals surface area contributed by atoms with Crippen molar-refractivity contribution in [2.75, 3.05) is 18.5 Å². The molecule has 118 valence electrons. The Kier molecular flexibility index (Phi) is 4.80. The second kappa shape index (κ2) is 6.01. The molecule has 0 fully saturated rings. The Labute approximate surface area is 114 Å².